The van der Waals surface area contributed by atoms with Crippen molar-refractivity contribution < 1.29 is 19.1 Å². The van der Waals surface area contributed by atoms with Gasteiger partial charge in [0.25, 0.3) is 0 Å². The predicted molar refractivity (Wildman–Crippen MR) is 91.8 cm³/mol. The number of carbonyl (C=O) groups is 2. The third-order valence-corrected chi connectivity index (χ3v) is 3.59. The fourth-order valence-corrected chi connectivity index (χ4v) is 2.17. The van der Waals surface area contributed by atoms with Gasteiger partial charge in [-0.2, -0.15) is 0 Å². The second-order valence-corrected chi connectivity index (χ2v) is 5.85. The Kier molecular flexibility index (Phi) is 14.4. The van der Waals surface area contributed by atoms with Crippen LogP contribution in [0.2, 0.25) is 0 Å². The minimum atomic E-state index is -0.555. The summed E-state index contributed by atoms with van der Waals surface area (Å²) in [5, 5.41) is 0. The topological polar surface area (TPSA) is 52.6 Å². The molecule has 0 fully saturated rings. The molecule has 0 heterocycles. The van der Waals surface area contributed by atoms with Crippen molar-refractivity contribution in [3.8, 4) is 12.3 Å². The summed E-state index contributed by atoms with van der Waals surface area (Å²) in [5.74, 6) is 1.48. The standard InChI is InChI=1S/C19H32O4/c1-4-6-7-8-9-10-11-12-13-16-22-18(20)14-15-19(21)23-17(3)5-2/h2,17H,4,6-16H2,1,3H3. The van der Waals surface area contributed by atoms with Gasteiger partial charge in [0, 0.05) is 0 Å². The molecule has 0 N–H and O–H groups in total. The summed E-state index contributed by atoms with van der Waals surface area (Å²) in [6, 6.07) is 0. The maximum absolute atomic E-state index is 11.5. The van der Waals surface area contributed by atoms with Crippen LogP contribution in [0.15, 0.2) is 0 Å². The smallest absolute Gasteiger partial charge is 0.307 e. The summed E-state index contributed by atoms with van der Waals surface area (Å²) in [6.07, 6.45) is 15.6. The molecule has 0 spiro atoms. The maximum atomic E-state index is 11.5. The van der Waals surface area contributed by atoms with Crippen LogP contribution < -0.4 is 0 Å². The molecular weight excluding hydrogens is 292 g/mol. The third kappa shape index (κ3) is 15.2. The second kappa shape index (κ2) is 15.4. The lowest BCUT2D eigenvalue weighted by Crippen LogP contribution is -2.15. The Bertz CT molecular complexity index is 357. The number of hydrogen-bond donors (Lipinski definition) is 0. The number of rotatable bonds is 14. The van der Waals surface area contributed by atoms with Crippen LogP contribution in [0, 0.1) is 12.3 Å². The molecule has 0 saturated carbocycles. The SMILES string of the molecule is C#CC(C)OC(=O)CCC(=O)OCCCCCCCCCCC. The first kappa shape index (κ1) is 21.5. The van der Waals surface area contributed by atoms with Gasteiger partial charge in [-0.25, -0.2) is 0 Å². The van der Waals surface area contributed by atoms with Gasteiger partial charge in [-0.05, 0) is 13.3 Å². The molecule has 0 aromatic carbocycles. The molecule has 0 aromatic rings. The Labute approximate surface area is 141 Å². The molecule has 0 rings (SSSR count). The van der Waals surface area contributed by atoms with Crippen molar-refractivity contribution >= 4 is 11.9 Å². The van der Waals surface area contributed by atoms with Crippen LogP contribution in [0.4, 0.5) is 0 Å². The molecule has 0 aliphatic heterocycles. The van der Waals surface area contributed by atoms with Crippen molar-refractivity contribution in [1.29, 1.82) is 0 Å². The van der Waals surface area contributed by atoms with Crippen LogP contribution in [0.3, 0.4) is 0 Å². The largest absolute Gasteiger partial charge is 0.466 e. The van der Waals surface area contributed by atoms with Gasteiger partial charge in [0.2, 0.25) is 0 Å². The molecule has 0 radical (unpaired) electrons. The molecule has 0 aromatic heterocycles. The van der Waals surface area contributed by atoms with Crippen molar-refractivity contribution in [2.24, 2.45) is 0 Å². The first-order valence-electron chi connectivity index (χ1n) is 8.91. The van der Waals surface area contributed by atoms with Gasteiger partial charge in [0.05, 0.1) is 19.4 Å². The van der Waals surface area contributed by atoms with Crippen molar-refractivity contribution in [3.63, 3.8) is 0 Å². The molecule has 0 bridgehead atoms. The van der Waals surface area contributed by atoms with E-state index < -0.39 is 12.1 Å². The lowest BCUT2D eigenvalue weighted by molar-refractivity contribution is -0.151. The van der Waals surface area contributed by atoms with E-state index in [1.54, 1.807) is 6.92 Å². The first-order valence-corrected chi connectivity index (χ1v) is 8.91. The molecule has 23 heavy (non-hydrogen) atoms. The predicted octanol–water partition coefficient (Wildman–Crippen LogP) is 4.41. The molecule has 0 saturated heterocycles. The normalized spacial score (nSPS) is 11.5. The average Bonchev–Trinajstić information content (AvgIpc) is 2.54. The molecular formula is C19H32O4. The van der Waals surface area contributed by atoms with E-state index in [1.807, 2.05) is 0 Å². The molecule has 0 aliphatic rings. The van der Waals surface area contributed by atoms with Crippen molar-refractivity contribution in [2.45, 2.75) is 90.6 Å². The zero-order valence-electron chi connectivity index (χ0n) is 14.8. The summed E-state index contributed by atoms with van der Waals surface area (Å²) in [5.41, 5.74) is 0. The molecule has 4 nitrogen and oxygen atoms in total. The van der Waals surface area contributed by atoms with E-state index >= 15 is 0 Å². The van der Waals surface area contributed by atoms with E-state index in [4.69, 9.17) is 15.9 Å². The van der Waals surface area contributed by atoms with Crippen LogP contribution in [0.1, 0.15) is 84.5 Å². The summed E-state index contributed by atoms with van der Waals surface area (Å²) in [4.78, 5) is 22.8. The molecule has 0 aliphatic carbocycles. The van der Waals surface area contributed by atoms with Crippen LogP contribution in [0.5, 0.6) is 0 Å². The van der Waals surface area contributed by atoms with E-state index in [0.29, 0.717) is 6.61 Å². The number of hydrogen-bond acceptors (Lipinski definition) is 4. The van der Waals surface area contributed by atoms with E-state index in [9.17, 15) is 9.59 Å². The van der Waals surface area contributed by atoms with Gasteiger partial charge in [-0.15, -0.1) is 6.42 Å². The Morgan fingerprint density at radius 1 is 0.913 bits per heavy atom. The van der Waals surface area contributed by atoms with E-state index in [0.717, 1.165) is 12.8 Å². The summed E-state index contributed by atoms with van der Waals surface area (Å²) in [7, 11) is 0. The number of carbonyl (C=O) groups excluding carboxylic acids is 2. The van der Waals surface area contributed by atoms with Crippen LogP contribution >= 0.6 is 0 Å². The zero-order valence-corrected chi connectivity index (χ0v) is 14.8. The number of unbranched alkanes of at least 4 members (excludes halogenated alkanes) is 8. The number of ether oxygens (including phenoxy) is 2. The minimum absolute atomic E-state index is 0.0165. The zero-order chi connectivity index (χ0) is 17.3. The summed E-state index contributed by atoms with van der Waals surface area (Å²) < 4.78 is 9.97. The molecule has 132 valence electrons. The Morgan fingerprint density at radius 2 is 1.43 bits per heavy atom. The molecule has 4 heteroatoms. The van der Waals surface area contributed by atoms with Crippen molar-refractivity contribution in [3.05, 3.63) is 0 Å². The highest BCUT2D eigenvalue weighted by Crippen LogP contribution is 2.09. The maximum Gasteiger partial charge on any atom is 0.307 e. The van der Waals surface area contributed by atoms with Crippen LogP contribution in [0.25, 0.3) is 0 Å². The lowest BCUT2D eigenvalue weighted by Gasteiger charge is -2.07. The summed E-state index contributed by atoms with van der Waals surface area (Å²) in [6.45, 7) is 4.27. The minimum Gasteiger partial charge on any atom is -0.466 e. The van der Waals surface area contributed by atoms with Gasteiger partial charge in [-0.1, -0.05) is 64.2 Å². The highest BCUT2D eigenvalue weighted by atomic mass is 16.5. The fraction of sp³-hybridized carbons (Fsp3) is 0.789. The fourth-order valence-electron chi connectivity index (χ4n) is 2.17. The van der Waals surface area contributed by atoms with E-state index in [1.165, 1.54) is 44.9 Å². The second-order valence-electron chi connectivity index (χ2n) is 5.85. The van der Waals surface area contributed by atoms with Gasteiger partial charge < -0.3 is 9.47 Å². The van der Waals surface area contributed by atoms with Gasteiger partial charge >= 0.3 is 11.9 Å². The van der Waals surface area contributed by atoms with E-state index in [2.05, 4.69) is 12.8 Å². The average molecular weight is 324 g/mol. The van der Waals surface area contributed by atoms with E-state index in [-0.39, 0.29) is 18.8 Å². The monoisotopic (exact) mass is 324 g/mol. The van der Waals surface area contributed by atoms with Crippen molar-refractivity contribution in [1.82, 2.24) is 0 Å². The first-order chi connectivity index (χ1) is 11.1. The van der Waals surface area contributed by atoms with Crippen LogP contribution in [-0.4, -0.2) is 24.6 Å². The van der Waals surface area contributed by atoms with Gasteiger partial charge in [0.1, 0.15) is 0 Å². The molecule has 1 unspecified atom stereocenters. The summed E-state index contributed by atoms with van der Waals surface area (Å²) >= 11 is 0. The van der Waals surface area contributed by atoms with Gasteiger partial charge in [0.15, 0.2) is 6.10 Å². The number of terminal acetylenes is 1. The Balaban J connectivity index is 3.37. The molecule has 0 amide bonds. The van der Waals surface area contributed by atoms with Crippen molar-refractivity contribution in [2.75, 3.05) is 6.61 Å². The Morgan fingerprint density at radius 3 is 2.00 bits per heavy atom. The lowest BCUT2D eigenvalue weighted by atomic mass is 10.1. The highest BCUT2D eigenvalue weighted by molar-refractivity contribution is 5.77. The quantitative estimate of drug-likeness (QED) is 0.270. The number of esters is 2. The van der Waals surface area contributed by atoms with Crippen LogP contribution in [-0.2, 0) is 19.1 Å². The van der Waals surface area contributed by atoms with Gasteiger partial charge in [-0.3, -0.25) is 9.59 Å². The third-order valence-electron chi connectivity index (χ3n) is 3.59. The highest BCUT2D eigenvalue weighted by Gasteiger charge is 2.11. The molecule has 1 atom stereocenters. The Hall–Kier alpha value is -1.50.